The number of carbonyl (C=O) groups is 1. The molecule has 0 aromatic heterocycles. The summed E-state index contributed by atoms with van der Waals surface area (Å²) in [5.74, 6) is -0.219. The van der Waals surface area contributed by atoms with Crippen molar-refractivity contribution in [1.82, 2.24) is 10.4 Å². The number of benzene rings is 1. The van der Waals surface area contributed by atoms with E-state index >= 15 is 0 Å². The Kier molecular flexibility index (Phi) is 5.18. The quantitative estimate of drug-likeness (QED) is 0.767. The standard InChI is InChI=1S/C14H20N2O3/c17-14(18)12-4-6-13(7-5-12)19-11-8-15-16-9-2-1-3-10-16/h4-7,15H,1-3,8-11H2,(H,17,18). The van der Waals surface area contributed by atoms with Gasteiger partial charge in [0.25, 0.3) is 0 Å². The number of carboxylic acid groups (broad SMARTS) is 1. The van der Waals surface area contributed by atoms with Crippen molar-refractivity contribution >= 4 is 5.97 Å². The van der Waals surface area contributed by atoms with E-state index in [1.807, 2.05) is 0 Å². The van der Waals surface area contributed by atoms with Crippen molar-refractivity contribution in [2.45, 2.75) is 19.3 Å². The second-order valence-corrected chi connectivity index (χ2v) is 4.63. The highest BCUT2D eigenvalue weighted by Gasteiger charge is 2.08. The molecule has 0 atom stereocenters. The lowest BCUT2D eigenvalue weighted by atomic mass is 10.2. The summed E-state index contributed by atoms with van der Waals surface area (Å²) in [6, 6.07) is 6.47. The molecule has 1 aromatic carbocycles. The highest BCUT2D eigenvalue weighted by Crippen LogP contribution is 2.12. The molecule has 0 spiro atoms. The third-order valence-corrected chi connectivity index (χ3v) is 3.16. The third kappa shape index (κ3) is 4.54. The van der Waals surface area contributed by atoms with Gasteiger partial charge in [-0.05, 0) is 37.1 Å². The molecule has 1 saturated heterocycles. The first kappa shape index (κ1) is 13.8. The number of ether oxygens (including phenoxy) is 1. The molecule has 1 heterocycles. The first-order valence-electron chi connectivity index (χ1n) is 6.70. The highest BCUT2D eigenvalue weighted by molar-refractivity contribution is 5.87. The summed E-state index contributed by atoms with van der Waals surface area (Å²) in [5, 5.41) is 11.0. The first-order chi connectivity index (χ1) is 9.25. The molecule has 0 aliphatic carbocycles. The van der Waals surface area contributed by atoms with Gasteiger partial charge < -0.3 is 9.84 Å². The predicted molar refractivity (Wildman–Crippen MR) is 72.3 cm³/mol. The average Bonchev–Trinajstić information content (AvgIpc) is 2.45. The van der Waals surface area contributed by atoms with Crippen LogP contribution in [0.5, 0.6) is 5.75 Å². The molecule has 0 saturated carbocycles. The molecule has 104 valence electrons. The molecular weight excluding hydrogens is 244 g/mol. The summed E-state index contributed by atoms with van der Waals surface area (Å²) in [7, 11) is 0. The molecule has 0 amide bonds. The van der Waals surface area contributed by atoms with Crippen molar-refractivity contribution in [3.05, 3.63) is 29.8 Å². The highest BCUT2D eigenvalue weighted by atomic mass is 16.5. The molecule has 0 bridgehead atoms. The third-order valence-electron chi connectivity index (χ3n) is 3.16. The minimum Gasteiger partial charge on any atom is -0.492 e. The van der Waals surface area contributed by atoms with Gasteiger partial charge in [0.15, 0.2) is 0 Å². The second-order valence-electron chi connectivity index (χ2n) is 4.63. The van der Waals surface area contributed by atoms with Crippen LogP contribution in [0.1, 0.15) is 29.6 Å². The summed E-state index contributed by atoms with van der Waals surface area (Å²) in [6.45, 7) is 3.55. The van der Waals surface area contributed by atoms with Crippen LogP contribution in [0.15, 0.2) is 24.3 Å². The van der Waals surface area contributed by atoms with Crippen molar-refractivity contribution in [2.75, 3.05) is 26.2 Å². The van der Waals surface area contributed by atoms with Gasteiger partial charge >= 0.3 is 5.97 Å². The zero-order valence-electron chi connectivity index (χ0n) is 11.0. The van der Waals surface area contributed by atoms with Crippen LogP contribution >= 0.6 is 0 Å². The minimum absolute atomic E-state index is 0.277. The van der Waals surface area contributed by atoms with Gasteiger partial charge in [-0.25, -0.2) is 9.80 Å². The normalized spacial score (nSPS) is 16.2. The summed E-state index contributed by atoms with van der Waals surface area (Å²) >= 11 is 0. The molecule has 5 nitrogen and oxygen atoms in total. The van der Waals surface area contributed by atoms with Gasteiger partial charge in [0, 0.05) is 19.6 Å². The van der Waals surface area contributed by atoms with Crippen LogP contribution < -0.4 is 10.2 Å². The maximum absolute atomic E-state index is 10.7. The summed E-state index contributed by atoms with van der Waals surface area (Å²) < 4.78 is 5.55. The van der Waals surface area contributed by atoms with E-state index in [0.717, 1.165) is 19.6 Å². The lowest BCUT2D eigenvalue weighted by Crippen LogP contribution is -2.43. The van der Waals surface area contributed by atoms with E-state index in [-0.39, 0.29) is 5.56 Å². The number of rotatable bonds is 6. The Hall–Kier alpha value is -1.59. The molecule has 1 aromatic rings. The smallest absolute Gasteiger partial charge is 0.335 e. The fourth-order valence-electron chi connectivity index (χ4n) is 2.12. The maximum Gasteiger partial charge on any atom is 0.335 e. The number of nitrogens with zero attached hydrogens (tertiary/aromatic N) is 1. The van der Waals surface area contributed by atoms with Crippen LogP contribution in [0.3, 0.4) is 0 Å². The van der Waals surface area contributed by atoms with Crippen LogP contribution in [0.2, 0.25) is 0 Å². The van der Waals surface area contributed by atoms with E-state index in [1.54, 1.807) is 24.3 Å². The zero-order valence-corrected chi connectivity index (χ0v) is 11.0. The van der Waals surface area contributed by atoms with Gasteiger partial charge in [-0.3, -0.25) is 5.43 Å². The zero-order chi connectivity index (χ0) is 13.5. The number of hydrogen-bond acceptors (Lipinski definition) is 4. The Morgan fingerprint density at radius 1 is 1.21 bits per heavy atom. The summed E-state index contributed by atoms with van der Waals surface area (Å²) in [6.07, 6.45) is 3.83. The van der Waals surface area contributed by atoms with Gasteiger partial charge in [0.2, 0.25) is 0 Å². The van der Waals surface area contributed by atoms with Crippen LogP contribution in [0.4, 0.5) is 0 Å². The molecule has 1 aliphatic rings. The molecule has 1 aliphatic heterocycles. The molecule has 2 rings (SSSR count). The number of aromatic carboxylic acids is 1. The second kappa shape index (κ2) is 7.11. The van der Waals surface area contributed by atoms with Crippen LogP contribution in [-0.2, 0) is 0 Å². The van der Waals surface area contributed by atoms with Crippen molar-refractivity contribution in [3.63, 3.8) is 0 Å². The van der Waals surface area contributed by atoms with E-state index in [0.29, 0.717) is 12.4 Å². The number of hydrazine groups is 1. The molecular formula is C14H20N2O3. The lowest BCUT2D eigenvalue weighted by Gasteiger charge is -2.27. The predicted octanol–water partition coefficient (Wildman–Crippen LogP) is 1.75. The monoisotopic (exact) mass is 264 g/mol. The number of nitrogens with one attached hydrogen (secondary N) is 1. The first-order valence-corrected chi connectivity index (χ1v) is 6.70. The molecule has 0 unspecified atom stereocenters. The number of hydrogen-bond donors (Lipinski definition) is 2. The van der Waals surface area contributed by atoms with Crippen LogP contribution in [-0.4, -0.2) is 42.3 Å². The van der Waals surface area contributed by atoms with Crippen molar-refractivity contribution in [1.29, 1.82) is 0 Å². The Morgan fingerprint density at radius 3 is 2.53 bits per heavy atom. The Bertz CT molecular complexity index is 400. The van der Waals surface area contributed by atoms with E-state index in [4.69, 9.17) is 9.84 Å². The maximum atomic E-state index is 10.7. The van der Waals surface area contributed by atoms with Gasteiger partial charge in [0.05, 0.1) is 5.56 Å². The SMILES string of the molecule is O=C(O)c1ccc(OCCNN2CCCCC2)cc1. The topological polar surface area (TPSA) is 61.8 Å². The number of carboxylic acids is 1. The Balaban J connectivity index is 1.66. The van der Waals surface area contributed by atoms with E-state index < -0.39 is 5.97 Å². The summed E-state index contributed by atoms with van der Waals surface area (Å²) in [5.41, 5.74) is 3.61. The van der Waals surface area contributed by atoms with Crippen LogP contribution in [0.25, 0.3) is 0 Å². The minimum atomic E-state index is -0.918. The Labute approximate surface area is 113 Å². The van der Waals surface area contributed by atoms with E-state index in [9.17, 15) is 4.79 Å². The lowest BCUT2D eigenvalue weighted by molar-refractivity contribution is 0.0697. The van der Waals surface area contributed by atoms with E-state index in [1.165, 1.54) is 19.3 Å². The van der Waals surface area contributed by atoms with Gasteiger partial charge in [-0.1, -0.05) is 6.42 Å². The van der Waals surface area contributed by atoms with Crippen molar-refractivity contribution in [2.24, 2.45) is 0 Å². The number of piperidine rings is 1. The van der Waals surface area contributed by atoms with Gasteiger partial charge in [-0.2, -0.15) is 0 Å². The molecule has 5 heteroatoms. The molecule has 2 N–H and O–H groups in total. The molecule has 1 fully saturated rings. The van der Waals surface area contributed by atoms with Gasteiger partial charge in [0.1, 0.15) is 12.4 Å². The van der Waals surface area contributed by atoms with Crippen LogP contribution in [0, 0.1) is 0 Å². The summed E-state index contributed by atoms with van der Waals surface area (Å²) in [4.78, 5) is 10.7. The Morgan fingerprint density at radius 2 is 1.89 bits per heavy atom. The fraction of sp³-hybridized carbons (Fsp3) is 0.500. The van der Waals surface area contributed by atoms with Crippen molar-refractivity contribution < 1.29 is 14.6 Å². The van der Waals surface area contributed by atoms with Gasteiger partial charge in [-0.15, -0.1) is 0 Å². The van der Waals surface area contributed by atoms with Crippen molar-refractivity contribution in [3.8, 4) is 5.75 Å². The average molecular weight is 264 g/mol. The molecule has 19 heavy (non-hydrogen) atoms. The fourth-order valence-corrected chi connectivity index (χ4v) is 2.12. The van der Waals surface area contributed by atoms with E-state index in [2.05, 4.69) is 10.4 Å². The largest absolute Gasteiger partial charge is 0.492 e. The molecule has 0 radical (unpaired) electrons.